The molecule has 0 aromatic heterocycles. The minimum Gasteiger partial charge on any atom is -0.308 e. The van der Waals surface area contributed by atoms with Crippen LogP contribution in [-0.2, 0) is 21.3 Å². The first kappa shape index (κ1) is 16.6. The van der Waals surface area contributed by atoms with Crippen molar-refractivity contribution in [3.63, 3.8) is 0 Å². The van der Waals surface area contributed by atoms with E-state index in [-0.39, 0.29) is 10.8 Å². The molecular weight excluding hydrogens is 328 g/mol. The lowest BCUT2D eigenvalue weighted by atomic mass is 10.1. The molecule has 0 fully saturated rings. The van der Waals surface area contributed by atoms with E-state index in [0.29, 0.717) is 12.1 Å². The fourth-order valence-corrected chi connectivity index (χ4v) is 3.69. The van der Waals surface area contributed by atoms with Crippen molar-refractivity contribution < 1.29 is 18.0 Å². The van der Waals surface area contributed by atoms with Crippen LogP contribution in [0.15, 0.2) is 53.4 Å². The van der Waals surface area contributed by atoms with Crippen LogP contribution in [0.25, 0.3) is 0 Å². The lowest BCUT2D eigenvalue weighted by Crippen LogP contribution is -2.29. The van der Waals surface area contributed by atoms with Gasteiger partial charge in [-0.25, -0.2) is 8.42 Å². The van der Waals surface area contributed by atoms with E-state index in [1.54, 1.807) is 4.90 Å². The molecule has 0 spiro atoms. The third kappa shape index (κ3) is 2.82. The molecule has 7 heteroatoms. The summed E-state index contributed by atoms with van der Waals surface area (Å²) in [6.45, 7) is 0.630. The number of hydroxylamine groups is 1. The Morgan fingerprint density at radius 1 is 1.12 bits per heavy atom. The highest BCUT2D eigenvalue weighted by molar-refractivity contribution is 7.89. The molecule has 0 radical (unpaired) electrons. The Labute approximate surface area is 141 Å². The smallest absolute Gasteiger partial charge is 0.264 e. The Hall–Kier alpha value is -2.22. The predicted molar refractivity (Wildman–Crippen MR) is 90.2 cm³/mol. The third-order valence-corrected chi connectivity index (χ3v) is 5.82. The van der Waals surface area contributed by atoms with Gasteiger partial charge in [-0.2, -0.15) is 0 Å². The number of rotatable bonds is 4. The summed E-state index contributed by atoms with van der Waals surface area (Å²) < 4.78 is 25.1. The molecule has 6 nitrogen and oxygen atoms in total. The Morgan fingerprint density at radius 3 is 2.46 bits per heavy atom. The molecule has 0 N–H and O–H groups in total. The molecule has 0 saturated carbocycles. The van der Waals surface area contributed by atoms with E-state index in [1.807, 2.05) is 24.3 Å². The average molecular weight is 346 g/mol. The largest absolute Gasteiger partial charge is 0.308 e. The van der Waals surface area contributed by atoms with E-state index < -0.39 is 10.0 Å². The number of hydrogen-bond donors (Lipinski definition) is 0. The first-order chi connectivity index (χ1) is 11.4. The average Bonchev–Trinajstić information content (AvgIpc) is 3.04. The SMILES string of the molecule is CON(C)S(=O)(=O)c1ccc(C(=O)N2CCc3ccccc32)cc1. The van der Waals surface area contributed by atoms with Crippen molar-refractivity contribution in [3.05, 3.63) is 59.7 Å². The maximum absolute atomic E-state index is 12.7. The highest BCUT2D eigenvalue weighted by Gasteiger charge is 2.26. The summed E-state index contributed by atoms with van der Waals surface area (Å²) >= 11 is 0. The molecular formula is C17H18N2O4S. The molecule has 1 aliphatic rings. The number of anilines is 1. The normalized spacial score (nSPS) is 14.0. The molecule has 0 unspecified atom stereocenters. The van der Waals surface area contributed by atoms with Crippen LogP contribution in [0.1, 0.15) is 15.9 Å². The van der Waals surface area contributed by atoms with Crippen LogP contribution in [0.4, 0.5) is 5.69 Å². The predicted octanol–water partition coefficient (Wildman–Crippen LogP) is 2.07. The summed E-state index contributed by atoms with van der Waals surface area (Å²) in [5.74, 6) is -0.135. The zero-order chi connectivity index (χ0) is 17.3. The van der Waals surface area contributed by atoms with Crippen LogP contribution < -0.4 is 4.90 Å². The Balaban J connectivity index is 1.86. The molecule has 1 heterocycles. The summed E-state index contributed by atoms with van der Waals surface area (Å²) in [6, 6.07) is 13.7. The fraction of sp³-hybridized carbons (Fsp3) is 0.235. The second-order valence-electron chi connectivity index (χ2n) is 5.46. The Bertz CT molecular complexity index is 862. The van der Waals surface area contributed by atoms with Gasteiger partial charge in [-0.3, -0.25) is 9.63 Å². The van der Waals surface area contributed by atoms with E-state index in [4.69, 9.17) is 4.84 Å². The van der Waals surface area contributed by atoms with Gasteiger partial charge in [-0.15, -0.1) is 0 Å². The highest BCUT2D eigenvalue weighted by atomic mass is 32.2. The van der Waals surface area contributed by atoms with Crippen LogP contribution in [0.3, 0.4) is 0 Å². The van der Waals surface area contributed by atoms with E-state index in [1.165, 1.54) is 38.4 Å². The molecule has 0 saturated heterocycles. The molecule has 2 aromatic rings. The summed E-state index contributed by atoms with van der Waals surface area (Å²) in [4.78, 5) is 19.2. The maximum atomic E-state index is 12.7. The lowest BCUT2D eigenvalue weighted by molar-refractivity contribution is -0.0258. The monoisotopic (exact) mass is 346 g/mol. The number of carbonyl (C=O) groups is 1. The number of sulfonamides is 1. The van der Waals surface area contributed by atoms with Crippen LogP contribution in [0, 0.1) is 0 Å². The number of hydrogen-bond acceptors (Lipinski definition) is 4. The van der Waals surface area contributed by atoms with Gasteiger partial charge in [0.2, 0.25) is 0 Å². The zero-order valence-corrected chi connectivity index (χ0v) is 14.3. The van der Waals surface area contributed by atoms with E-state index in [9.17, 15) is 13.2 Å². The minimum atomic E-state index is -3.71. The van der Waals surface area contributed by atoms with Gasteiger partial charge in [-0.05, 0) is 42.3 Å². The van der Waals surface area contributed by atoms with Crippen molar-refractivity contribution >= 4 is 21.6 Å². The van der Waals surface area contributed by atoms with Gasteiger partial charge in [0, 0.05) is 24.8 Å². The van der Waals surface area contributed by atoms with Crippen LogP contribution in [-0.4, -0.2) is 39.5 Å². The number of benzene rings is 2. The number of amides is 1. The summed E-state index contributed by atoms with van der Waals surface area (Å²) in [5, 5.41) is 0. The molecule has 0 bridgehead atoms. The number of carbonyl (C=O) groups excluding carboxylic acids is 1. The van der Waals surface area contributed by atoms with Gasteiger partial charge in [0.05, 0.1) is 12.0 Å². The molecule has 126 valence electrons. The Morgan fingerprint density at radius 2 is 1.79 bits per heavy atom. The molecule has 3 rings (SSSR count). The van der Waals surface area contributed by atoms with E-state index >= 15 is 0 Å². The molecule has 2 aromatic carbocycles. The molecule has 0 aliphatic carbocycles. The molecule has 24 heavy (non-hydrogen) atoms. The van der Waals surface area contributed by atoms with Crippen molar-refractivity contribution in [3.8, 4) is 0 Å². The van der Waals surface area contributed by atoms with Crippen LogP contribution >= 0.6 is 0 Å². The van der Waals surface area contributed by atoms with Crippen LogP contribution in [0.5, 0.6) is 0 Å². The zero-order valence-electron chi connectivity index (χ0n) is 13.5. The quantitative estimate of drug-likeness (QED) is 0.795. The minimum absolute atomic E-state index is 0.0743. The van der Waals surface area contributed by atoms with Crippen molar-refractivity contribution in [2.75, 3.05) is 25.6 Å². The highest BCUT2D eigenvalue weighted by Crippen LogP contribution is 2.29. The summed E-state index contributed by atoms with van der Waals surface area (Å²) in [7, 11) is -1.12. The summed E-state index contributed by atoms with van der Waals surface area (Å²) in [6.07, 6.45) is 0.826. The summed E-state index contributed by atoms with van der Waals surface area (Å²) in [5.41, 5.74) is 2.51. The van der Waals surface area contributed by atoms with Gasteiger partial charge in [0.15, 0.2) is 0 Å². The van der Waals surface area contributed by atoms with Gasteiger partial charge < -0.3 is 4.90 Å². The number of para-hydroxylation sites is 1. The molecule has 1 amide bonds. The van der Waals surface area contributed by atoms with Gasteiger partial charge in [0.25, 0.3) is 15.9 Å². The van der Waals surface area contributed by atoms with Gasteiger partial charge in [-0.1, -0.05) is 22.7 Å². The first-order valence-electron chi connectivity index (χ1n) is 7.48. The maximum Gasteiger partial charge on any atom is 0.264 e. The van der Waals surface area contributed by atoms with Gasteiger partial charge in [0.1, 0.15) is 0 Å². The standard InChI is InChI=1S/C17H18N2O4S/c1-18(23-2)24(21,22)15-9-7-14(8-10-15)17(20)19-12-11-13-5-3-4-6-16(13)19/h3-10H,11-12H2,1-2H3. The first-order valence-corrected chi connectivity index (χ1v) is 8.92. The third-order valence-electron chi connectivity index (χ3n) is 4.13. The molecule has 1 aliphatic heterocycles. The van der Waals surface area contributed by atoms with Crippen molar-refractivity contribution in [1.29, 1.82) is 0 Å². The number of fused-ring (bicyclic) bond motifs is 1. The second-order valence-corrected chi connectivity index (χ2v) is 7.39. The Kier molecular flexibility index (Phi) is 4.40. The van der Waals surface area contributed by atoms with Crippen molar-refractivity contribution in [2.45, 2.75) is 11.3 Å². The van der Waals surface area contributed by atoms with Crippen LogP contribution in [0.2, 0.25) is 0 Å². The fourth-order valence-electron chi connectivity index (χ4n) is 2.72. The van der Waals surface area contributed by atoms with Crippen molar-refractivity contribution in [1.82, 2.24) is 4.47 Å². The van der Waals surface area contributed by atoms with E-state index in [0.717, 1.165) is 22.1 Å². The topological polar surface area (TPSA) is 66.9 Å². The van der Waals surface area contributed by atoms with Gasteiger partial charge >= 0.3 is 0 Å². The molecule has 0 atom stereocenters. The van der Waals surface area contributed by atoms with Crippen molar-refractivity contribution in [2.24, 2.45) is 0 Å². The van der Waals surface area contributed by atoms with E-state index in [2.05, 4.69) is 0 Å². The lowest BCUT2D eigenvalue weighted by Gasteiger charge is -2.18. The second kappa shape index (κ2) is 6.35. The number of nitrogens with zero attached hydrogens (tertiary/aromatic N) is 2.